The Balaban J connectivity index is 2.18. The molecule has 2 saturated carbocycles. The van der Waals surface area contributed by atoms with E-state index < -0.39 is 23.0 Å². The second-order valence-electron chi connectivity index (χ2n) is 8.54. The normalized spacial score (nSPS) is 30.3. The largest absolute Gasteiger partial charge is 0.504 e. The molecule has 2 aliphatic carbocycles. The van der Waals surface area contributed by atoms with Gasteiger partial charge in [0.15, 0.2) is 23.0 Å². The third-order valence-corrected chi connectivity index (χ3v) is 6.52. The van der Waals surface area contributed by atoms with Crippen LogP contribution < -0.4 is 0 Å². The molecule has 136 valence electrons. The molecule has 3 rings (SSSR count). The Labute approximate surface area is 149 Å². The second kappa shape index (κ2) is 5.72. The fraction of sp³-hybridized carbons (Fsp3) is 0.524. The molecule has 0 saturated heterocycles. The molecule has 0 aromatic heterocycles. The van der Waals surface area contributed by atoms with Gasteiger partial charge in [0.25, 0.3) is 0 Å². The topological polar surface area (TPSA) is 80.9 Å². The van der Waals surface area contributed by atoms with Gasteiger partial charge in [-0.1, -0.05) is 39.3 Å². The Morgan fingerprint density at radius 1 is 1.04 bits per heavy atom. The molecule has 0 heterocycles. The van der Waals surface area contributed by atoms with Gasteiger partial charge in [0.1, 0.15) is 0 Å². The summed E-state index contributed by atoms with van der Waals surface area (Å²) in [5.74, 6) is -1.25. The second-order valence-corrected chi connectivity index (χ2v) is 8.54. The van der Waals surface area contributed by atoms with E-state index >= 15 is 0 Å². The standard InChI is InChI=1S/C21H28O4/c1-12-6-7-17-20(2,3)8-5-9-21(17,4)14(12)10-13-18(24)15(22)11-16(23)19(13)25/h10-11,17,22-25H,1,5-9H2,2-4H3. The minimum Gasteiger partial charge on any atom is -0.504 e. The van der Waals surface area contributed by atoms with Gasteiger partial charge in [-0.2, -0.15) is 0 Å². The molecule has 2 aliphatic rings. The number of benzene rings is 1. The third kappa shape index (κ3) is 2.68. The lowest BCUT2D eigenvalue weighted by atomic mass is 9.49. The van der Waals surface area contributed by atoms with Gasteiger partial charge in [-0.15, -0.1) is 0 Å². The highest BCUT2D eigenvalue weighted by Crippen LogP contribution is 2.61. The van der Waals surface area contributed by atoms with Crippen molar-refractivity contribution in [2.75, 3.05) is 0 Å². The molecular weight excluding hydrogens is 316 g/mol. The smallest absolute Gasteiger partial charge is 0.168 e. The number of allylic oxidation sites excluding steroid dienone is 2. The van der Waals surface area contributed by atoms with Crippen LogP contribution in [0.25, 0.3) is 6.08 Å². The van der Waals surface area contributed by atoms with Gasteiger partial charge < -0.3 is 20.4 Å². The highest BCUT2D eigenvalue weighted by Gasteiger charge is 2.50. The van der Waals surface area contributed by atoms with E-state index in [0.717, 1.165) is 42.9 Å². The summed E-state index contributed by atoms with van der Waals surface area (Å²) in [7, 11) is 0. The maximum Gasteiger partial charge on any atom is 0.168 e. The predicted molar refractivity (Wildman–Crippen MR) is 98.7 cm³/mol. The van der Waals surface area contributed by atoms with Gasteiger partial charge in [-0.25, -0.2) is 0 Å². The number of phenols is 4. The molecule has 0 amide bonds. The summed E-state index contributed by atoms with van der Waals surface area (Å²) in [5, 5.41) is 40.0. The van der Waals surface area contributed by atoms with Gasteiger partial charge in [0, 0.05) is 6.07 Å². The molecule has 4 nitrogen and oxygen atoms in total. The molecule has 0 spiro atoms. The zero-order valence-corrected chi connectivity index (χ0v) is 15.3. The summed E-state index contributed by atoms with van der Waals surface area (Å²) in [6, 6.07) is 0.941. The Morgan fingerprint density at radius 2 is 1.64 bits per heavy atom. The molecule has 4 heteroatoms. The van der Waals surface area contributed by atoms with E-state index in [0.29, 0.717) is 5.92 Å². The monoisotopic (exact) mass is 344 g/mol. The van der Waals surface area contributed by atoms with Crippen LogP contribution in [0.4, 0.5) is 0 Å². The quantitative estimate of drug-likeness (QED) is 0.423. The minimum atomic E-state index is -0.450. The SMILES string of the molecule is C=C1CCC2C(C)(C)CCCC2(C)C1=Cc1c(O)c(O)cc(O)c1O. The molecule has 2 fully saturated rings. The third-order valence-electron chi connectivity index (χ3n) is 6.52. The molecule has 2 unspecified atom stereocenters. The Hall–Kier alpha value is -2.10. The maximum absolute atomic E-state index is 10.2. The first-order chi connectivity index (χ1) is 11.6. The van der Waals surface area contributed by atoms with Crippen LogP contribution in [0.15, 0.2) is 23.8 Å². The Morgan fingerprint density at radius 3 is 2.24 bits per heavy atom. The van der Waals surface area contributed by atoms with Crippen LogP contribution in [0.5, 0.6) is 23.0 Å². The summed E-state index contributed by atoms with van der Waals surface area (Å²) in [4.78, 5) is 0. The van der Waals surface area contributed by atoms with Crippen molar-refractivity contribution >= 4 is 6.08 Å². The first-order valence-electron chi connectivity index (χ1n) is 8.95. The highest BCUT2D eigenvalue weighted by atomic mass is 16.3. The van der Waals surface area contributed by atoms with E-state index in [1.54, 1.807) is 6.08 Å². The van der Waals surface area contributed by atoms with Crippen molar-refractivity contribution in [3.05, 3.63) is 29.4 Å². The van der Waals surface area contributed by atoms with E-state index in [9.17, 15) is 20.4 Å². The number of hydrogen-bond acceptors (Lipinski definition) is 4. The van der Waals surface area contributed by atoms with E-state index in [-0.39, 0.29) is 16.4 Å². The molecule has 0 radical (unpaired) electrons. The number of fused-ring (bicyclic) bond motifs is 1. The van der Waals surface area contributed by atoms with Gasteiger partial charge >= 0.3 is 0 Å². The molecule has 25 heavy (non-hydrogen) atoms. The maximum atomic E-state index is 10.2. The summed E-state index contributed by atoms with van der Waals surface area (Å²) < 4.78 is 0. The number of phenolic OH excluding ortho intramolecular Hbond substituents is 4. The average Bonchev–Trinajstić information content (AvgIpc) is 2.51. The van der Waals surface area contributed by atoms with Crippen molar-refractivity contribution in [3.63, 3.8) is 0 Å². The molecule has 2 atom stereocenters. The van der Waals surface area contributed by atoms with Crippen LogP contribution in [0.2, 0.25) is 0 Å². The lowest BCUT2D eigenvalue weighted by Gasteiger charge is -2.55. The van der Waals surface area contributed by atoms with Crippen molar-refractivity contribution in [2.45, 2.75) is 52.9 Å². The molecule has 1 aromatic carbocycles. The molecule has 4 N–H and O–H groups in total. The first-order valence-corrected chi connectivity index (χ1v) is 8.95. The molecule has 0 aliphatic heterocycles. The van der Waals surface area contributed by atoms with Crippen LogP contribution in [0.1, 0.15) is 58.4 Å². The lowest BCUT2D eigenvalue weighted by molar-refractivity contribution is 0.0139. The fourth-order valence-electron chi connectivity index (χ4n) is 5.21. The van der Waals surface area contributed by atoms with Crippen LogP contribution in [-0.4, -0.2) is 20.4 Å². The van der Waals surface area contributed by atoms with Crippen molar-refractivity contribution in [2.24, 2.45) is 16.7 Å². The fourth-order valence-corrected chi connectivity index (χ4v) is 5.21. The van der Waals surface area contributed by atoms with E-state index in [1.165, 1.54) is 6.42 Å². The summed E-state index contributed by atoms with van der Waals surface area (Å²) in [6.45, 7) is 11.1. The summed E-state index contributed by atoms with van der Waals surface area (Å²) >= 11 is 0. The Bertz CT molecular complexity index is 733. The highest BCUT2D eigenvalue weighted by molar-refractivity contribution is 5.75. The van der Waals surface area contributed by atoms with Gasteiger partial charge in [-0.05, 0) is 54.1 Å². The summed E-state index contributed by atoms with van der Waals surface area (Å²) in [5.41, 5.74) is 2.18. The molecule has 1 aromatic rings. The van der Waals surface area contributed by atoms with E-state index in [4.69, 9.17) is 0 Å². The first kappa shape index (κ1) is 17.7. The predicted octanol–water partition coefficient (Wildman–Crippen LogP) is 5.08. The minimum absolute atomic E-state index is 0.0545. The Kier molecular flexibility index (Phi) is 4.05. The van der Waals surface area contributed by atoms with Crippen LogP contribution >= 0.6 is 0 Å². The number of aromatic hydroxyl groups is 4. The average molecular weight is 344 g/mol. The molecular formula is C21H28O4. The van der Waals surface area contributed by atoms with Gasteiger partial charge in [-0.3, -0.25) is 0 Å². The van der Waals surface area contributed by atoms with Crippen LogP contribution in [0, 0.1) is 16.7 Å². The number of hydrogen-bond donors (Lipinski definition) is 4. The van der Waals surface area contributed by atoms with E-state index in [2.05, 4.69) is 27.4 Å². The van der Waals surface area contributed by atoms with Crippen LogP contribution in [0.3, 0.4) is 0 Å². The van der Waals surface area contributed by atoms with Gasteiger partial charge in [0.2, 0.25) is 0 Å². The van der Waals surface area contributed by atoms with Gasteiger partial charge in [0.05, 0.1) is 5.56 Å². The zero-order chi connectivity index (χ0) is 18.6. The van der Waals surface area contributed by atoms with Crippen molar-refractivity contribution in [1.82, 2.24) is 0 Å². The van der Waals surface area contributed by atoms with Crippen molar-refractivity contribution in [1.29, 1.82) is 0 Å². The van der Waals surface area contributed by atoms with Crippen LogP contribution in [-0.2, 0) is 0 Å². The van der Waals surface area contributed by atoms with E-state index in [1.807, 2.05) is 0 Å². The zero-order valence-electron chi connectivity index (χ0n) is 15.3. The number of rotatable bonds is 1. The lowest BCUT2D eigenvalue weighted by Crippen LogP contribution is -2.45. The van der Waals surface area contributed by atoms with Crippen molar-refractivity contribution in [3.8, 4) is 23.0 Å². The van der Waals surface area contributed by atoms with Crippen molar-refractivity contribution < 1.29 is 20.4 Å². The summed E-state index contributed by atoms with van der Waals surface area (Å²) in [6.07, 6.45) is 7.01. The molecule has 0 bridgehead atoms.